The molecule has 0 aromatic carbocycles. The van der Waals surface area contributed by atoms with E-state index in [0.29, 0.717) is 12.8 Å². The Hall–Kier alpha value is -2.11. The highest BCUT2D eigenvalue weighted by Gasteiger charge is 2.18. The lowest BCUT2D eigenvalue weighted by atomic mass is 10.0. The van der Waals surface area contributed by atoms with E-state index >= 15 is 0 Å². The molecule has 0 aliphatic rings. The van der Waals surface area contributed by atoms with Crippen LogP contribution in [0.3, 0.4) is 0 Å². The summed E-state index contributed by atoms with van der Waals surface area (Å²) in [5.74, 6) is -1.09. The van der Waals surface area contributed by atoms with Gasteiger partial charge in [0.15, 0.2) is 6.10 Å². The number of ether oxygens (including phenoxy) is 3. The van der Waals surface area contributed by atoms with Gasteiger partial charge >= 0.3 is 17.9 Å². The molecule has 0 bridgehead atoms. The molecule has 0 saturated heterocycles. The summed E-state index contributed by atoms with van der Waals surface area (Å²) < 4.78 is 15.9. The molecule has 45 heavy (non-hydrogen) atoms. The lowest BCUT2D eigenvalue weighted by molar-refractivity contribution is -0.166. The predicted molar refractivity (Wildman–Crippen MR) is 187 cm³/mol. The van der Waals surface area contributed by atoms with Crippen LogP contribution < -0.4 is 0 Å². The van der Waals surface area contributed by atoms with Gasteiger partial charge in [-0.2, -0.15) is 0 Å². The van der Waals surface area contributed by atoms with Crippen LogP contribution in [0.15, 0.2) is 24.3 Å². The van der Waals surface area contributed by atoms with Crippen LogP contribution in [-0.4, -0.2) is 37.2 Å². The van der Waals surface area contributed by atoms with Gasteiger partial charge in [-0.1, -0.05) is 147 Å². The minimum absolute atomic E-state index is 0.0866. The number of carbonyl (C=O) groups is 3. The topological polar surface area (TPSA) is 78.9 Å². The molecule has 262 valence electrons. The lowest BCUT2D eigenvalue weighted by Crippen LogP contribution is -2.30. The summed E-state index contributed by atoms with van der Waals surface area (Å²) in [5, 5.41) is 0. The number of hydrogen-bond acceptors (Lipinski definition) is 6. The number of unbranched alkanes of at least 4 members (excludes halogenated alkanes) is 20. The molecule has 6 nitrogen and oxygen atoms in total. The van der Waals surface area contributed by atoms with Crippen molar-refractivity contribution < 1.29 is 28.6 Å². The fourth-order valence-corrected chi connectivity index (χ4v) is 5.20. The Kier molecular flexibility index (Phi) is 33.1. The number of carbonyl (C=O) groups excluding carboxylic acids is 3. The minimum Gasteiger partial charge on any atom is -0.462 e. The van der Waals surface area contributed by atoms with Crippen molar-refractivity contribution >= 4 is 17.9 Å². The third-order valence-electron chi connectivity index (χ3n) is 8.02. The monoisotopic (exact) mass is 635 g/mol. The SMILES string of the molecule is CCCCC/C=C\C/C=C\CCCCCCCC(=O)OC[C@H](COC(C)=O)OC(=O)CCCCCCCCCCCCCCC. The summed E-state index contributed by atoms with van der Waals surface area (Å²) >= 11 is 0. The molecule has 0 rings (SSSR count). The molecule has 0 saturated carbocycles. The van der Waals surface area contributed by atoms with Crippen molar-refractivity contribution in [2.75, 3.05) is 13.2 Å². The van der Waals surface area contributed by atoms with Gasteiger partial charge in [-0.05, 0) is 44.9 Å². The summed E-state index contributed by atoms with van der Waals surface area (Å²) in [6.45, 7) is 5.61. The molecule has 0 fully saturated rings. The highest BCUT2D eigenvalue weighted by Crippen LogP contribution is 2.14. The van der Waals surface area contributed by atoms with Gasteiger partial charge < -0.3 is 14.2 Å². The van der Waals surface area contributed by atoms with Crippen LogP contribution in [0.25, 0.3) is 0 Å². The van der Waals surface area contributed by atoms with Crippen LogP contribution in [0.5, 0.6) is 0 Å². The van der Waals surface area contributed by atoms with Crippen LogP contribution in [-0.2, 0) is 28.6 Å². The number of allylic oxidation sites excluding steroid dienone is 4. The normalized spacial score (nSPS) is 12.2. The first-order chi connectivity index (χ1) is 22.0. The molecular formula is C39H70O6. The van der Waals surface area contributed by atoms with Gasteiger partial charge in [0.25, 0.3) is 0 Å². The molecular weight excluding hydrogens is 564 g/mol. The molecule has 0 aromatic rings. The van der Waals surface area contributed by atoms with Crippen LogP contribution in [0.2, 0.25) is 0 Å². The first-order valence-corrected chi connectivity index (χ1v) is 18.8. The van der Waals surface area contributed by atoms with Crippen molar-refractivity contribution in [1.82, 2.24) is 0 Å². The average molecular weight is 635 g/mol. The lowest BCUT2D eigenvalue weighted by Gasteiger charge is -2.18. The quantitative estimate of drug-likeness (QED) is 0.0309. The maximum Gasteiger partial charge on any atom is 0.306 e. The number of hydrogen-bond donors (Lipinski definition) is 0. The van der Waals surface area contributed by atoms with E-state index in [1.165, 1.54) is 103 Å². The fourth-order valence-electron chi connectivity index (χ4n) is 5.20. The Balaban J connectivity index is 3.88. The summed E-state index contributed by atoms with van der Waals surface area (Å²) in [6.07, 6.45) is 37.6. The first-order valence-electron chi connectivity index (χ1n) is 18.8. The first kappa shape index (κ1) is 42.9. The molecule has 1 atom stereocenters. The Bertz CT molecular complexity index is 744. The maximum absolute atomic E-state index is 12.4. The molecule has 0 heterocycles. The molecule has 0 aliphatic carbocycles. The Morgan fingerprint density at radius 3 is 1.40 bits per heavy atom. The van der Waals surface area contributed by atoms with E-state index in [9.17, 15) is 14.4 Å². The Morgan fingerprint density at radius 2 is 0.889 bits per heavy atom. The minimum atomic E-state index is -0.767. The average Bonchev–Trinajstić information content (AvgIpc) is 3.02. The van der Waals surface area contributed by atoms with Crippen molar-refractivity contribution in [3.8, 4) is 0 Å². The van der Waals surface area contributed by atoms with Crippen LogP contribution in [0.1, 0.15) is 188 Å². The smallest absolute Gasteiger partial charge is 0.306 e. The highest BCUT2D eigenvalue weighted by molar-refractivity contribution is 5.70. The second kappa shape index (κ2) is 34.8. The van der Waals surface area contributed by atoms with E-state index in [2.05, 4.69) is 38.2 Å². The molecule has 6 heteroatoms. The summed E-state index contributed by atoms with van der Waals surface area (Å²) in [5.41, 5.74) is 0. The van der Waals surface area contributed by atoms with Gasteiger partial charge in [-0.3, -0.25) is 14.4 Å². The standard InChI is InChI=1S/C39H70O6/c1-4-6-8-10-12-14-16-18-19-21-22-24-26-28-30-32-38(41)44-35-37(34-43-36(3)40)45-39(42)33-31-29-27-25-23-20-17-15-13-11-9-7-5-2/h12,14,18-19,37H,4-11,13,15-17,20-35H2,1-3H3/b14-12-,19-18-/t37-/m0/s1. The van der Waals surface area contributed by atoms with Gasteiger partial charge in [-0.15, -0.1) is 0 Å². The molecule has 0 aromatic heterocycles. The van der Waals surface area contributed by atoms with Crippen molar-refractivity contribution in [3.05, 3.63) is 24.3 Å². The zero-order chi connectivity index (χ0) is 33.1. The third-order valence-corrected chi connectivity index (χ3v) is 8.02. The van der Waals surface area contributed by atoms with Crippen LogP contribution in [0.4, 0.5) is 0 Å². The zero-order valence-electron chi connectivity index (χ0n) is 29.6. The summed E-state index contributed by atoms with van der Waals surface area (Å²) in [7, 11) is 0. The molecule has 0 radical (unpaired) electrons. The van der Waals surface area contributed by atoms with E-state index in [1.54, 1.807) is 0 Å². The van der Waals surface area contributed by atoms with Crippen molar-refractivity contribution in [3.63, 3.8) is 0 Å². The predicted octanol–water partition coefficient (Wildman–Crippen LogP) is 11.3. The van der Waals surface area contributed by atoms with Crippen LogP contribution >= 0.6 is 0 Å². The molecule has 0 N–H and O–H groups in total. The van der Waals surface area contributed by atoms with Crippen molar-refractivity contribution in [1.29, 1.82) is 0 Å². The van der Waals surface area contributed by atoms with Gasteiger partial charge in [0.05, 0.1) is 0 Å². The van der Waals surface area contributed by atoms with Gasteiger partial charge in [0.1, 0.15) is 13.2 Å². The molecule has 0 amide bonds. The molecule has 0 aliphatic heterocycles. The van der Waals surface area contributed by atoms with E-state index in [1.807, 2.05) is 0 Å². The highest BCUT2D eigenvalue weighted by atomic mass is 16.6. The number of esters is 3. The van der Waals surface area contributed by atoms with Gasteiger partial charge in [0.2, 0.25) is 0 Å². The second-order valence-corrected chi connectivity index (χ2v) is 12.6. The van der Waals surface area contributed by atoms with Crippen LogP contribution in [0, 0.1) is 0 Å². The molecule has 0 unspecified atom stereocenters. The van der Waals surface area contributed by atoms with Gasteiger partial charge in [0, 0.05) is 19.8 Å². The zero-order valence-corrected chi connectivity index (χ0v) is 29.6. The number of rotatable bonds is 33. The largest absolute Gasteiger partial charge is 0.462 e. The fraction of sp³-hybridized carbons (Fsp3) is 0.821. The Labute approximate surface area is 277 Å². The van der Waals surface area contributed by atoms with E-state index in [4.69, 9.17) is 14.2 Å². The Morgan fingerprint density at radius 1 is 0.489 bits per heavy atom. The van der Waals surface area contributed by atoms with Crippen molar-refractivity contribution in [2.45, 2.75) is 194 Å². The van der Waals surface area contributed by atoms with E-state index in [-0.39, 0.29) is 25.2 Å². The van der Waals surface area contributed by atoms with Crippen molar-refractivity contribution in [2.24, 2.45) is 0 Å². The summed E-state index contributed by atoms with van der Waals surface area (Å²) in [4.78, 5) is 35.9. The maximum atomic E-state index is 12.4. The van der Waals surface area contributed by atoms with E-state index in [0.717, 1.165) is 57.8 Å². The molecule has 0 spiro atoms. The second-order valence-electron chi connectivity index (χ2n) is 12.6. The van der Waals surface area contributed by atoms with Gasteiger partial charge in [-0.25, -0.2) is 0 Å². The van der Waals surface area contributed by atoms with E-state index < -0.39 is 12.1 Å². The third kappa shape index (κ3) is 34.6. The summed E-state index contributed by atoms with van der Waals surface area (Å²) in [6, 6.07) is 0.